The maximum atomic E-state index is 12.0. The third-order valence-electron chi connectivity index (χ3n) is 2.03. The molecule has 10 heteroatoms. The second kappa shape index (κ2) is 6.30. The summed E-state index contributed by atoms with van der Waals surface area (Å²) < 4.78 is 63.6. The van der Waals surface area contributed by atoms with E-state index in [1.54, 1.807) is 6.07 Å². The van der Waals surface area contributed by atoms with Crippen LogP contribution >= 0.6 is 11.6 Å². The van der Waals surface area contributed by atoms with E-state index in [0.717, 1.165) is 0 Å². The zero-order valence-corrected chi connectivity index (χ0v) is 11.3. The Hall–Kier alpha value is -1.50. The predicted octanol–water partition coefficient (Wildman–Crippen LogP) is 2.03. The monoisotopic (exact) mass is 328 g/mol. The molecule has 0 saturated carbocycles. The van der Waals surface area contributed by atoms with Gasteiger partial charge in [-0.2, -0.15) is 18.4 Å². The average molecular weight is 329 g/mol. The summed E-state index contributed by atoms with van der Waals surface area (Å²) in [6.45, 7) is -0.895. The molecule has 1 rings (SSSR count). The quantitative estimate of drug-likeness (QED) is 0.839. The van der Waals surface area contributed by atoms with Crippen molar-refractivity contribution in [1.82, 2.24) is 4.72 Å². The van der Waals surface area contributed by atoms with Gasteiger partial charge in [0.05, 0.1) is 10.6 Å². The van der Waals surface area contributed by atoms with Gasteiger partial charge in [0.25, 0.3) is 0 Å². The molecule has 0 aliphatic heterocycles. The molecular formula is C10H8ClF3N2O3S. The Kier molecular flexibility index (Phi) is 5.21. The maximum Gasteiger partial charge on any atom is 0.511 e. The highest BCUT2D eigenvalue weighted by Crippen LogP contribution is 2.22. The first-order chi connectivity index (χ1) is 9.17. The fourth-order valence-corrected chi connectivity index (χ4v) is 1.78. The number of nitrogens with zero attached hydrogens (tertiary/aromatic N) is 1. The van der Waals surface area contributed by atoms with Crippen molar-refractivity contribution in [3.63, 3.8) is 0 Å². The Morgan fingerprint density at radius 2 is 2.05 bits per heavy atom. The summed E-state index contributed by atoms with van der Waals surface area (Å²) in [6, 6.07) is 5.88. The van der Waals surface area contributed by atoms with Crippen LogP contribution in [0.3, 0.4) is 0 Å². The molecule has 0 heterocycles. The van der Waals surface area contributed by atoms with Crippen molar-refractivity contribution >= 4 is 21.6 Å². The Morgan fingerprint density at radius 3 is 2.60 bits per heavy atom. The molecule has 0 spiro atoms. The van der Waals surface area contributed by atoms with Crippen LogP contribution in [0.5, 0.6) is 5.75 Å². The van der Waals surface area contributed by atoms with Crippen LogP contribution in [0.4, 0.5) is 13.2 Å². The van der Waals surface area contributed by atoms with Crippen molar-refractivity contribution in [3.05, 3.63) is 28.8 Å². The predicted molar refractivity (Wildman–Crippen MR) is 64.6 cm³/mol. The minimum Gasteiger partial charge on any atom is -0.492 e. The van der Waals surface area contributed by atoms with Crippen molar-refractivity contribution in [3.8, 4) is 11.8 Å². The van der Waals surface area contributed by atoms with Crippen molar-refractivity contribution in [1.29, 1.82) is 5.26 Å². The molecule has 0 bridgehead atoms. The Labute approximate surface area is 118 Å². The van der Waals surface area contributed by atoms with Crippen LogP contribution in [0, 0.1) is 11.3 Å². The lowest BCUT2D eigenvalue weighted by molar-refractivity contribution is -0.0448. The number of nitrogens with one attached hydrogen (secondary N) is 1. The van der Waals surface area contributed by atoms with Crippen LogP contribution in [-0.4, -0.2) is 27.1 Å². The molecule has 0 atom stereocenters. The molecule has 0 unspecified atom stereocenters. The first-order valence-electron chi connectivity index (χ1n) is 5.06. The van der Waals surface area contributed by atoms with Crippen LogP contribution in [-0.2, 0) is 10.0 Å². The van der Waals surface area contributed by atoms with Crippen molar-refractivity contribution in [2.24, 2.45) is 0 Å². The number of ether oxygens (including phenoxy) is 1. The first kappa shape index (κ1) is 16.6. The molecule has 1 aromatic rings. The van der Waals surface area contributed by atoms with Gasteiger partial charge >= 0.3 is 15.5 Å². The second-order valence-electron chi connectivity index (χ2n) is 3.45. The lowest BCUT2D eigenvalue weighted by Crippen LogP contribution is -2.38. The van der Waals surface area contributed by atoms with Gasteiger partial charge < -0.3 is 4.74 Å². The number of hydrogen-bond acceptors (Lipinski definition) is 4. The summed E-state index contributed by atoms with van der Waals surface area (Å²) in [5.74, 6) is 0.192. The maximum absolute atomic E-state index is 12.0. The smallest absolute Gasteiger partial charge is 0.492 e. The van der Waals surface area contributed by atoms with Crippen molar-refractivity contribution in [2.75, 3.05) is 13.2 Å². The molecule has 0 aliphatic carbocycles. The highest BCUT2D eigenvalue weighted by atomic mass is 35.5. The van der Waals surface area contributed by atoms with E-state index in [9.17, 15) is 21.6 Å². The van der Waals surface area contributed by atoms with Crippen LogP contribution in [0.1, 0.15) is 5.56 Å². The molecule has 110 valence electrons. The van der Waals surface area contributed by atoms with Crippen LogP contribution in [0.25, 0.3) is 0 Å². The summed E-state index contributed by atoms with van der Waals surface area (Å²) in [4.78, 5) is 0. The minimum atomic E-state index is -5.38. The van der Waals surface area contributed by atoms with E-state index in [1.807, 2.05) is 0 Å². The van der Waals surface area contributed by atoms with E-state index in [0.29, 0.717) is 0 Å². The topological polar surface area (TPSA) is 79.2 Å². The SMILES string of the molecule is N#Cc1cc(OCCNS(=O)(=O)C(F)(F)F)ccc1Cl. The third-order valence-corrected chi connectivity index (χ3v) is 3.55. The Balaban J connectivity index is 2.53. The van der Waals surface area contributed by atoms with Gasteiger partial charge in [0, 0.05) is 6.54 Å². The van der Waals surface area contributed by atoms with Gasteiger partial charge in [-0.3, -0.25) is 0 Å². The number of benzene rings is 1. The van der Waals surface area contributed by atoms with E-state index >= 15 is 0 Å². The minimum absolute atomic E-state index is 0.139. The number of hydrogen-bond donors (Lipinski definition) is 1. The fraction of sp³-hybridized carbons (Fsp3) is 0.300. The third kappa shape index (κ3) is 4.26. The lowest BCUT2D eigenvalue weighted by Gasteiger charge is -2.10. The summed E-state index contributed by atoms with van der Waals surface area (Å²) in [7, 11) is -5.38. The second-order valence-corrected chi connectivity index (χ2v) is 5.61. The molecule has 0 saturated heterocycles. The molecule has 0 aromatic heterocycles. The lowest BCUT2D eigenvalue weighted by atomic mass is 10.2. The van der Waals surface area contributed by atoms with E-state index in [2.05, 4.69) is 0 Å². The van der Waals surface area contributed by atoms with E-state index in [-0.39, 0.29) is 22.9 Å². The number of sulfonamides is 1. The van der Waals surface area contributed by atoms with Crippen molar-refractivity contribution < 1.29 is 26.3 Å². The van der Waals surface area contributed by atoms with Gasteiger partial charge in [0.1, 0.15) is 18.4 Å². The average Bonchev–Trinajstić information content (AvgIpc) is 2.35. The number of alkyl halides is 3. The van der Waals surface area contributed by atoms with Crippen LogP contribution in [0.15, 0.2) is 18.2 Å². The van der Waals surface area contributed by atoms with E-state index in [4.69, 9.17) is 21.6 Å². The molecule has 0 radical (unpaired) electrons. The molecule has 1 N–H and O–H groups in total. The molecular weight excluding hydrogens is 321 g/mol. The molecule has 0 amide bonds. The molecule has 5 nitrogen and oxygen atoms in total. The summed E-state index contributed by atoms with van der Waals surface area (Å²) in [5.41, 5.74) is -5.22. The zero-order chi connectivity index (χ0) is 15.4. The van der Waals surface area contributed by atoms with E-state index in [1.165, 1.54) is 22.9 Å². The van der Waals surface area contributed by atoms with Gasteiger partial charge in [-0.25, -0.2) is 13.1 Å². The van der Waals surface area contributed by atoms with Gasteiger partial charge in [0.2, 0.25) is 0 Å². The van der Waals surface area contributed by atoms with Crippen LogP contribution in [0.2, 0.25) is 5.02 Å². The summed E-state index contributed by atoms with van der Waals surface area (Å²) in [5, 5.41) is 8.91. The normalized spacial score (nSPS) is 11.9. The molecule has 1 aromatic carbocycles. The number of nitriles is 1. The summed E-state index contributed by atoms with van der Waals surface area (Å²) >= 11 is 5.67. The molecule has 20 heavy (non-hydrogen) atoms. The highest BCUT2D eigenvalue weighted by Gasteiger charge is 2.45. The Bertz CT molecular complexity index is 626. The number of halogens is 4. The highest BCUT2D eigenvalue weighted by molar-refractivity contribution is 7.90. The first-order valence-corrected chi connectivity index (χ1v) is 6.92. The van der Waals surface area contributed by atoms with Crippen molar-refractivity contribution in [2.45, 2.75) is 5.51 Å². The Morgan fingerprint density at radius 1 is 1.40 bits per heavy atom. The van der Waals surface area contributed by atoms with Gasteiger partial charge in [-0.05, 0) is 18.2 Å². The van der Waals surface area contributed by atoms with Gasteiger partial charge in [-0.15, -0.1) is 0 Å². The fourth-order valence-electron chi connectivity index (χ4n) is 1.11. The molecule has 0 fully saturated rings. The standard InChI is InChI=1S/C10H8ClF3N2O3S/c11-9-2-1-8(5-7(9)6-15)19-4-3-16-20(17,18)10(12,13)14/h1-2,5,16H,3-4H2. The largest absolute Gasteiger partial charge is 0.511 e. The summed E-state index contributed by atoms with van der Waals surface area (Å²) in [6.07, 6.45) is 0. The van der Waals surface area contributed by atoms with Gasteiger partial charge in [0.15, 0.2) is 0 Å². The number of rotatable bonds is 5. The molecule has 0 aliphatic rings. The van der Waals surface area contributed by atoms with E-state index < -0.39 is 22.1 Å². The van der Waals surface area contributed by atoms with Gasteiger partial charge in [-0.1, -0.05) is 11.6 Å². The van der Waals surface area contributed by atoms with Crippen LogP contribution < -0.4 is 9.46 Å². The zero-order valence-electron chi connectivity index (χ0n) is 9.74.